The van der Waals surface area contributed by atoms with Gasteiger partial charge in [-0.15, -0.1) is 0 Å². The van der Waals surface area contributed by atoms with Gasteiger partial charge in [0.2, 0.25) is 0 Å². The van der Waals surface area contributed by atoms with Crippen molar-refractivity contribution < 1.29 is 9.47 Å². The van der Waals surface area contributed by atoms with Gasteiger partial charge in [0.25, 0.3) is 0 Å². The van der Waals surface area contributed by atoms with Crippen LogP contribution >= 0.6 is 0 Å². The third kappa shape index (κ3) is 3.08. The van der Waals surface area contributed by atoms with Crippen LogP contribution in [0.1, 0.15) is 29.9 Å². The first-order valence-corrected chi connectivity index (χ1v) is 7.84. The van der Waals surface area contributed by atoms with Crippen LogP contribution in [0.5, 0.6) is 5.75 Å². The van der Waals surface area contributed by atoms with E-state index in [4.69, 9.17) is 9.47 Å². The molecule has 0 amide bonds. The fraction of sp³-hybridized carbons (Fsp3) is 0.556. The van der Waals surface area contributed by atoms with Crippen LogP contribution in [0.4, 0.5) is 0 Å². The van der Waals surface area contributed by atoms with Crippen molar-refractivity contribution >= 4 is 0 Å². The lowest BCUT2D eigenvalue weighted by molar-refractivity contribution is 0.219. The molecule has 1 fully saturated rings. The summed E-state index contributed by atoms with van der Waals surface area (Å²) in [5.41, 5.74) is 2.61. The number of hydrogen-bond donors (Lipinski definition) is 0. The van der Waals surface area contributed by atoms with E-state index in [1.807, 2.05) is 0 Å². The van der Waals surface area contributed by atoms with Crippen LogP contribution in [0.2, 0.25) is 0 Å². The van der Waals surface area contributed by atoms with E-state index in [9.17, 15) is 0 Å². The molecule has 2 aliphatic heterocycles. The molecule has 3 nitrogen and oxygen atoms in total. The highest BCUT2D eigenvalue weighted by atomic mass is 16.5. The fourth-order valence-electron chi connectivity index (χ4n) is 3.39. The zero-order valence-electron chi connectivity index (χ0n) is 13.1. The van der Waals surface area contributed by atoms with Gasteiger partial charge in [0.1, 0.15) is 12.4 Å². The molecular weight excluding hydrogens is 262 g/mol. The minimum absolute atomic E-state index is 0.183. The second-order valence-electron chi connectivity index (χ2n) is 6.36. The van der Waals surface area contributed by atoms with Crippen LogP contribution < -0.4 is 4.74 Å². The van der Waals surface area contributed by atoms with E-state index in [0.29, 0.717) is 6.61 Å². The molecule has 0 bridgehead atoms. The molecule has 1 atom stereocenters. The summed E-state index contributed by atoms with van der Waals surface area (Å²) in [7, 11) is 3.89. The molecule has 21 heavy (non-hydrogen) atoms. The van der Waals surface area contributed by atoms with E-state index < -0.39 is 0 Å². The predicted octanol–water partition coefficient (Wildman–Crippen LogP) is 3.21. The standard InChI is InChI=1S/C18H25NO2/c1-13(20-3)17-12-21-18-11-15(4-5-16(17)18)10-14-6-8-19(2)9-7-14/h4-5,11,14,17H,1,6-10,12H2,2-3H3. The Morgan fingerprint density at radius 1 is 1.38 bits per heavy atom. The first-order chi connectivity index (χ1) is 10.2. The molecule has 114 valence electrons. The number of hydrogen-bond acceptors (Lipinski definition) is 3. The quantitative estimate of drug-likeness (QED) is 0.794. The van der Waals surface area contributed by atoms with Gasteiger partial charge in [0.05, 0.1) is 18.8 Å². The Hall–Kier alpha value is -1.48. The average molecular weight is 287 g/mol. The minimum Gasteiger partial charge on any atom is -0.501 e. The molecule has 1 unspecified atom stereocenters. The molecule has 0 saturated carbocycles. The molecule has 0 aromatic heterocycles. The third-order valence-electron chi connectivity index (χ3n) is 4.87. The summed E-state index contributed by atoms with van der Waals surface area (Å²) in [6.45, 7) is 7.07. The van der Waals surface area contributed by atoms with Crippen LogP contribution in [0.3, 0.4) is 0 Å². The number of fused-ring (bicyclic) bond motifs is 1. The average Bonchev–Trinajstić information content (AvgIpc) is 2.92. The Morgan fingerprint density at radius 3 is 2.86 bits per heavy atom. The molecule has 0 aliphatic carbocycles. The zero-order valence-corrected chi connectivity index (χ0v) is 13.1. The SMILES string of the molecule is C=C(OC)C1COc2cc(CC3CCN(C)CC3)ccc21. The molecular formula is C18H25NO2. The minimum atomic E-state index is 0.183. The molecule has 3 rings (SSSR count). The van der Waals surface area contributed by atoms with Gasteiger partial charge < -0.3 is 14.4 Å². The topological polar surface area (TPSA) is 21.7 Å². The molecule has 1 aromatic rings. The van der Waals surface area contributed by atoms with Gasteiger partial charge in [0.15, 0.2) is 0 Å². The Labute approximate surface area is 127 Å². The number of piperidine rings is 1. The van der Waals surface area contributed by atoms with Gasteiger partial charge in [0, 0.05) is 5.56 Å². The summed E-state index contributed by atoms with van der Waals surface area (Å²) in [5, 5.41) is 0. The van der Waals surface area contributed by atoms with Gasteiger partial charge in [-0.3, -0.25) is 0 Å². The number of likely N-dealkylation sites (tertiary alicyclic amines) is 1. The lowest BCUT2D eigenvalue weighted by Crippen LogP contribution is -2.30. The lowest BCUT2D eigenvalue weighted by Gasteiger charge is -2.29. The molecule has 1 aromatic carbocycles. The van der Waals surface area contributed by atoms with E-state index in [1.54, 1.807) is 7.11 Å². The maximum Gasteiger partial charge on any atom is 0.123 e. The van der Waals surface area contributed by atoms with Crippen molar-refractivity contribution in [3.05, 3.63) is 41.7 Å². The van der Waals surface area contributed by atoms with E-state index in [1.165, 1.54) is 43.5 Å². The molecule has 1 saturated heterocycles. The Bertz CT molecular complexity index is 518. The van der Waals surface area contributed by atoms with Crippen LogP contribution in [0.15, 0.2) is 30.5 Å². The number of methoxy groups -OCH3 is 1. The summed E-state index contributed by atoms with van der Waals surface area (Å²) in [6, 6.07) is 6.67. The van der Waals surface area contributed by atoms with Crippen LogP contribution in [-0.2, 0) is 11.2 Å². The van der Waals surface area contributed by atoms with Gasteiger partial charge in [-0.25, -0.2) is 0 Å². The first kappa shape index (κ1) is 14.5. The van der Waals surface area contributed by atoms with Crippen LogP contribution in [0, 0.1) is 5.92 Å². The number of nitrogens with zero attached hydrogens (tertiary/aromatic N) is 1. The van der Waals surface area contributed by atoms with Crippen molar-refractivity contribution in [1.29, 1.82) is 0 Å². The number of benzene rings is 1. The van der Waals surface area contributed by atoms with Crippen molar-refractivity contribution in [2.24, 2.45) is 5.92 Å². The van der Waals surface area contributed by atoms with Crippen molar-refractivity contribution in [2.75, 3.05) is 33.9 Å². The highest BCUT2D eigenvalue weighted by molar-refractivity contribution is 5.45. The van der Waals surface area contributed by atoms with Crippen molar-refractivity contribution in [2.45, 2.75) is 25.2 Å². The number of ether oxygens (including phenoxy) is 2. The predicted molar refractivity (Wildman–Crippen MR) is 84.8 cm³/mol. The summed E-state index contributed by atoms with van der Waals surface area (Å²) >= 11 is 0. The summed E-state index contributed by atoms with van der Waals surface area (Å²) < 4.78 is 11.1. The van der Waals surface area contributed by atoms with Gasteiger partial charge in [-0.05, 0) is 56.9 Å². The Kier molecular flexibility index (Phi) is 4.20. The van der Waals surface area contributed by atoms with Crippen molar-refractivity contribution in [1.82, 2.24) is 4.90 Å². The summed E-state index contributed by atoms with van der Waals surface area (Å²) in [6.07, 6.45) is 3.77. The van der Waals surface area contributed by atoms with E-state index in [-0.39, 0.29) is 5.92 Å². The smallest absolute Gasteiger partial charge is 0.123 e. The zero-order chi connectivity index (χ0) is 14.8. The van der Waals surface area contributed by atoms with E-state index >= 15 is 0 Å². The molecule has 2 aliphatic rings. The lowest BCUT2D eigenvalue weighted by atomic mass is 9.89. The maximum absolute atomic E-state index is 5.83. The van der Waals surface area contributed by atoms with Gasteiger partial charge in [-0.1, -0.05) is 18.7 Å². The summed E-state index contributed by atoms with van der Waals surface area (Å²) in [5.74, 6) is 2.80. The highest BCUT2D eigenvalue weighted by Crippen LogP contribution is 2.39. The second kappa shape index (κ2) is 6.10. The monoisotopic (exact) mass is 287 g/mol. The van der Waals surface area contributed by atoms with Crippen molar-refractivity contribution in [3.63, 3.8) is 0 Å². The molecule has 0 N–H and O–H groups in total. The number of rotatable bonds is 4. The van der Waals surface area contributed by atoms with Gasteiger partial charge >= 0.3 is 0 Å². The largest absolute Gasteiger partial charge is 0.501 e. The van der Waals surface area contributed by atoms with Crippen LogP contribution in [0.25, 0.3) is 0 Å². The Morgan fingerprint density at radius 2 is 2.14 bits per heavy atom. The highest BCUT2D eigenvalue weighted by Gasteiger charge is 2.27. The molecule has 3 heteroatoms. The fourth-order valence-corrected chi connectivity index (χ4v) is 3.39. The first-order valence-electron chi connectivity index (χ1n) is 7.84. The van der Waals surface area contributed by atoms with Crippen molar-refractivity contribution in [3.8, 4) is 5.75 Å². The second-order valence-corrected chi connectivity index (χ2v) is 6.36. The molecule has 0 spiro atoms. The summed E-state index contributed by atoms with van der Waals surface area (Å²) in [4.78, 5) is 2.42. The van der Waals surface area contributed by atoms with Gasteiger partial charge in [-0.2, -0.15) is 0 Å². The Balaban J connectivity index is 1.68. The van der Waals surface area contributed by atoms with E-state index in [0.717, 1.165) is 17.4 Å². The molecule has 2 heterocycles. The third-order valence-corrected chi connectivity index (χ3v) is 4.87. The van der Waals surface area contributed by atoms with Crippen LogP contribution in [-0.4, -0.2) is 38.8 Å². The normalized spacial score (nSPS) is 22.7. The molecule has 0 radical (unpaired) electrons. The van der Waals surface area contributed by atoms with E-state index in [2.05, 4.69) is 36.7 Å². The maximum atomic E-state index is 5.83.